The van der Waals surface area contributed by atoms with Crippen LogP contribution in [0.2, 0.25) is 0 Å². The van der Waals surface area contributed by atoms with Crippen molar-refractivity contribution in [1.29, 1.82) is 0 Å². The van der Waals surface area contributed by atoms with E-state index in [1.807, 2.05) is 27.7 Å². The molecular weight excluding hydrogens is 402 g/mol. The number of rotatable bonds is 9. The summed E-state index contributed by atoms with van der Waals surface area (Å²) in [5, 5.41) is 41.9. The maximum Gasteiger partial charge on any atom is 0.335 e. The topological polar surface area (TPSA) is 128 Å². The fraction of sp³-hybridized carbons (Fsp3) is 0.696. The average Bonchev–Trinajstić information content (AvgIpc) is 2.77. The Bertz CT molecular complexity index is 548. The molecule has 31 heavy (non-hydrogen) atoms. The summed E-state index contributed by atoms with van der Waals surface area (Å²) in [5.41, 5.74) is 0.711. The number of aliphatic hydroxyl groups excluding tert-OH is 3. The van der Waals surface area contributed by atoms with Gasteiger partial charge in [-0.1, -0.05) is 71.4 Å². The lowest BCUT2D eigenvalue weighted by molar-refractivity contribution is -0.302. The van der Waals surface area contributed by atoms with E-state index in [1.54, 1.807) is 31.4 Å². The quantitative estimate of drug-likeness (QED) is 0.342. The molecule has 182 valence electrons. The second-order valence-electron chi connectivity index (χ2n) is 6.77. The van der Waals surface area contributed by atoms with Gasteiger partial charge in [0.2, 0.25) is 0 Å². The Morgan fingerprint density at radius 1 is 1.16 bits per heavy atom. The number of likely N-dealkylation sites (N-methyl/N-ethyl adjacent to an activating group) is 1. The number of carboxylic acids is 1. The summed E-state index contributed by atoms with van der Waals surface area (Å²) in [6.07, 6.45) is 0.675. The highest BCUT2D eigenvalue weighted by atomic mass is 16.7. The molecule has 0 bridgehead atoms. The van der Waals surface area contributed by atoms with Crippen molar-refractivity contribution in [3.63, 3.8) is 0 Å². The van der Waals surface area contributed by atoms with Crippen molar-refractivity contribution >= 4 is 5.97 Å². The van der Waals surface area contributed by atoms with Crippen molar-refractivity contribution in [3.05, 3.63) is 36.5 Å². The third-order valence-electron chi connectivity index (χ3n) is 4.50. The van der Waals surface area contributed by atoms with Crippen molar-refractivity contribution in [2.24, 2.45) is 0 Å². The summed E-state index contributed by atoms with van der Waals surface area (Å²) in [5.74, 6) is -1.46. The normalized spacial score (nSPS) is 27.9. The number of ether oxygens (including phenoxy) is 2. The van der Waals surface area contributed by atoms with Crippen LogP contribution in [0.25, 0.3) is 0 Å². The Kier molecular flexibility index (Phi) is 18.4. The number of carboxylic acid groups (broad SMARTS) is 1. The predicted molar refractivity (Wildman–Crippen MR) is 123 cm³/mol. The van der Waals surface area contributed by atoms with E-state index in [4.69, 9.17) is 14.6 Å². The van der Waals surface area contributed by atoms with Crippen LogP contribution in [0.1, 0.15) is 54.4 Å². The summed E-state index contributed by atoms with van der Waals surface area (Å²) in [6, 6.07) is -0.231. The first-order valence-corrected chi connectivity index (χ1v) is 10.9. The van der Waals surface area contributed by atoms with Crippen LogP contribution in [-0.4, -0.2) is 76.3 Å². The van der Waals surface area contributed by atoms with Gasteiger partial charge in [-0.15, -0.1) is 0 Å². The smallest absolute Gasteiger partial charge is 0.335 e. The fourth-order valence-corrected chi connectivity index (χ4v) is 2.52. The molecule has 0 aromatic heterocycles. The Balaban J connectivity index is 0. The molecule has 0 spiro atoms. The molecule has 1 fully saturated rings. The zero-order valence-electron chi connectivity index (χ0n) is 20.0. The molecule has 0 radical (unpaired) electrons. The number of hydrogen-bond acceptors (Lipinski definition) is 7. The Hall–Kier alpha value is -1.55. The Morgan fingerprint density at radius 2 is 1.71 bits per heavy atom. The van der Waals surface area contributed by atoms with E-state index in [-0.39, 0.29) is 6.04 Å². The molecule has 7 unspecified atom stereocenters. The number of aliphatic carboxylic acids is 1. The highest BCUT2D eigenvalue weighted by Gasteiger charge is 2.48. The molecule has 1 aliphatic rings. The molecule has 8 heteroatoms. The van der Waals surface area contributed by atoms with E-state index in [1.165, 1.54) is 12.8 Å². The van der Waals surface area contributed by atoms with Crippen molar-refractivity contribution in [2.75, 3.05) is 7.05 Å². The molecule has 0 aromatic carbocycles. The zero-order valence-corrected chi connectivity index (χ0v) is 20.0. The van der Waals surface area contributed by atoms with E-state index in [0.717, 1.165) is 0 Å². The van der Waals surface area contributed by atoms with Gasteiger partial charge in [-0.05, 0) is 26.5 Å². The van der Waals surface area contributed by atoms with Crippen LogP contribution in [0.15, 0.2) is 36.5 Å². The van der Waals surface area contributed by atoms with Crippen molar-refractivity contribution < 1.29 is 34.7 Å². The number of allylic oxidation sites excluding steroid dienone is 3. The van der Waals surface area contributed by atoms with Gasteiger partial charge in [-0.3, -0.25) is 0 Å². The first-order chi connectivity index (χ1) is 14.7. The van der Waals surface area contributed by atoms with Crippen LogP contribution < -0.4 is 5.32 Å². The summed E-state index contributed by atoms with van der Waals surface area (Å²) in [6.45, 7) is 15.7. The third-order valence-corrected chi connectivity index (χ3v) is 4.50. The molecule has 1 aliphatic heterocycles. The van der Waals surface area contributed by atoms with E-state index in [2.05, 4.69) is 25.7 Å². The van der Waals surface area contributed by atoms with Crippen LogP contribution in [0.4, 0.5) is 0 Å². The lowest BCUT2D eigenvalue weighted by Crippen LogP contribution is -2.61. The van der Waals surface area contributed by atoms with Gasteiger partial charge in [0.15, 0.2) is 12.4 Å². The lowest BCUT2D eigenvalue weighted by atomic mass is 9.98. The van der Waals surface area contributed by atoms with Gasteiger partial charge in [0.05, 0.1) is 0 Å². The van der Waals surface area contributed by atoms with Gasteiger partial charge in [0.1, 0.15) is 24.4 Å². The second-order valence-corrected chi connectivity index (χ2v) is 6.77. The molecule has 7 atom stereocenters. The molecule has 1 heterocycles. The minimum absolute atomic E-state index is 0.231. The number of aliphatic hydroxyl groups is 3. The average molecular weight is 446 g/mol. The summed E-state index contributed by atoms with van der Waals surface area (Å²) >= 11 is 0. The van der Waals surface area contributed by atoms with E-state index < -0.39 is 42.8 Å². The molecule has 1 saturated heterocycles. The molecule has 1 rings (SSSR count). The van der Waals surface area contributed by atoms with Crippen molar-refractivity contribution in [3.8, 4) is 0 Å². The van der Waals surface area contributed by atoms with Gasteiger partial charge in [0.25, 0.3) is 0 Å². The summed E-state index contributed by atoms with van der Waals surface area (Å²) in [7, 11) is 1.72. The van der Waals surface area contributed by atoms with Crippen molar-refractivity contribution in [2.45, 2.75) is 97.2 Å². The van der Waals surface area contributed by atoms with Gasteiger partial charge in [0, 0.05) is 6.04 Å². The molecule has 5 N–H and O–H groups in total. The van der Waals surface area contributed by atoms with Crippen LogP contribution >= 0.6 is 0 Å². The SMILES string of the molecule is C=C/C=C(\C=C/C)C(OC1OC(C(=O)O)C(O)C(O)C1O)C(C)NC.CC.CCCC. The first kappa shape index (κ1) is 31.6. The Morgan fingerprint density at radius 3 is 2.10 bits per heavy atom. The minimum atomic E-state index is -1.76. The predicted octanol–water partition coefficient (Wildman–Crippen LogP) is 2.39. The molecular formula is C23H43NO7. The lowest BCUT2D eigenvalue weighted by Gasteiger charge is -2.40. The van der Waals surface area contributed by atoms with E-state index in [0.29, 0.717) is 5.57 Å². The summed E-state index contributed by atoms with van der Waals surface area (Å²) < 4.78 is 11.0. The number of unbranched alkanes of at least 4 members (excludes halogenated alkanes) is 1. The molecule has 0 aliphatic carbocycles. The largest absolute Gasteiger partial charge is 0.479 e. The van der Waals surface area contributed by atoms with Crippen LogP contribution in [0.5, 0.6) is 0 Å². The van der Waals surface area contributed by atoms with Crippen molar-refractivity contribution in [1.82, 2.24) is 5.32 Å². The standard InChI is InChI=1S/C17H27NO7.C4H10.C2H6/c1-5-7-10(8-6-2)14(9(3)18-4)24-17-13(21)11(19)12(20)15(25-17)16(22)23;1-3-4-2;1-2/h5-9,11-15,17-21H,1H2,2-4H3,(H,22,23);3-4H2,1-2H3;1-2H3/b8-6-,10-7+;;. The first-order valence-electron chi connectivity index (χ1n) is 10.9. The van der Waals surface area contributed by atoms with Crippen LogP contribution in [-0.2, 0) is 14.3 Å². The monoisotopic (exact) mass is 445 g/mol. The molecule has 0 aromatic rings. The second kappa shape index (κ2) is 18.1. The van der Waals surface area contributed by atoms with Gasteiger partial charge in [-0.2, -0.15) is 0 Å². The highest BCUT2D eigenvalue weighted by molar-refractivity contribution is 5.73. The highest BCUT2D eigenvalue weighted by Crippen LogP contribution is 2.26. The molecule has 8 nitrogen and oxygen atoms in total. The van der Waals surface area contributed by atoms with Gasteiger partial charge < -0.3 is 35.2 Å². The minimum Gasteiger partial charge on any atom is -0.479 e. The third kappa shape index (κ3) is 10.5. The fourth-order valence-electron chi connectivity index (χ4n) is 2.52. The van der Waals surface area contributed by atoms with Gasteiger partial charge >= 0.3 is 5.97 Å². The Labute approximate surface area is 187 Å². The molecule has 0 amide bonds. The van der Waals surface area contributed by atoms with E-state index >= 15 is 0 Å². The van der Waals surface area contributed by atoms with E-state index in [9.17, 15) is 20.1 Å². The zero-order chi connectivity index (χ0) is 24.6. The van der Waals surface area contributed by atoms with Crippen LogP contribution in [0.3, 0.4) is 0 Å². The number of carbonyl (C=O) groups is 1. The molecule has 0 saturated carbocycles. The van der Waals surface area contributed by atoms with Gasteiger partial charge in [-0.25, -0.2) is 4.79 Å². The number of nitrogens with one attached hydrogen (secondary N) is 1. The number of hydrogen-bond donors (Lipinski definition) is 5. The summed E-state index contributed by atoms with van der Waals surface area (Å²) in [4.78, 5) is 11.2. The maximum absolute atomic E-state index is 11.2. The van der Waals surface area contributed by atoms with Crippen LogP contribution in [0, 0.1) is 0 Å². The maximum atomic E-state index is 11.2.